The summed E-state index contributed by atoms with van der Waals surface area (Å²) in [6.07, 6.45) is 1.50. The number of hydrogen-bond donors (Lipinski definition) is 4. The van der Waals surface area contributed by atoms with Crippen molar-refractivity contribution in [1.82, 2.24) is 0 Å². The van der Waals surface area contributed by atoms with E-state index in [9.17, 15) is 0 Å². The summed E-state index contributed by atoms with van der Waals surface area (Å²) in [6.45, 7) is 0. The number of hydrogen-bond acceptors (Lipinski definition) is 6. The first-order valence-electron chi connectivity index (χ1n) is 5.56. The second kappa shape index (κ2) is 10.5. The number of fused-ring (bicyclic) bond motifs is 4. The van der Waals surface area contributed by atoms with E-state index in [1.54, 1.807) is 0 Å². The highest BCUT2D eigenvalue weighted by molar-refractivity contribution is 6.02. The van der Waals surface area contributed by atoms with E-state index in [1.807, 2.05) is 0 Å². The number of nitrogens with one attached hydrogen (secondary N) is 4. The summed E-state index contributed by atoms with van der Waals surface area (Å²) in [7, 11) is 0. The molecule has 1 aliphatic rings. The largest absolute Gasteiger partial charge is 0.242 e. The molecule has 2 aromatic carbocycles. The van der Waals surface area contributed by atoms with E-state index in [4.69, 9.17) is 31.2 Å². The van der Waals surface area contributed by atoms with E-state index in [0.29, 0.717) is 0 Å². The quantitative estimate of drug-likeness (QED) is 0.371. The Balaban J connectivity index is 0.000000378. The van der Waals surface area contributed by atoms with Gasteiger partial charge in [0, 0.05) is 0 Å². The molecule has 21 heavy (non-hydrogen) atoms. The monoisotopic (exact) mass is 280 g/mol. The van der Waals surface area contributed by atoms with E-state index >= 15 is 0 Å². The Labute approximate surface area is 121 Å². The Hall–Kier alpha value is -3.42. The molecular formula is C15H12N4O2. The van der Waals surface area contributed by atoms with E-state index in [0.717, 1.165) is 12.2 Å². The van der Waals surface area contributed by atoms with Crippen LogP contribution in [0.4, 0.5) is 0 Å². The molecule has 0 unspecified atom stereocenters. The Morgan fingerprint density at radius 2 is 0.714 bits per heavy atom. The smallest absolute Gasteiger partial charge is 0.231 e. The fourth-order valence-corrected chi connectivity index (χ4v) is 1.84. The maximum atomic E-state index is 8.35. The summed E-state index contributed by atoms with van der Waals surface area (Å²) in [5.74, 6) is 0. The molecule has 0 aromatic heterocycles. The van der Waals surface area contributed by atoms with Gasteiger partial charge in [-0.3, -0.25) is 0 Å². The van der Waals surface area contributed by atoms with Crippen molar-refractivity contribution in [3.05, 3.63) is 48.5 Å². The highest BCUT2D eigenvalue weighted by atomic mass is 16.1. The molecule has 0 fully saturated rings. The Bertz CT molecular complexity index is 564. The standard InChI is InChI=1S/C12H8.CH2N2.2CHNO/c1-2-6-10-9(5-1)11-7-3-4-8-12(10)11;3*2-1-3/h1-8H;2-3H;2*2H. The van der Waals surface area contributed by atoms with Crippen LogP contribution in [-0.2, 0) is 9.59 Å². The lowest BCUT2D eigenvalue weighted by Gasteiger charge is -2.22. The van der Waals surface area contributed by atoms with Crippen molar-refractivity contribution in [2.45, 2.75) is 0 Å². The van der Waals surface area contributed by atoms with Crippen LogP contribution < -0.4 is 0 Å². The van der Waals surface area contributed by atoms with E-state index in [2.05, 4.69) is 48.5 Å². The third-order valence-electron chi connectivity index (χ3n) is 2.43. The number of isocyanates is 2. The molecule has 3 rings (SSSR count). The summed E-state index contributed by atoms with van der Waals surface area (Å²) in [5.41, 5.74) is 5.59. The van der Waals surface area contributed by atoms with Crippen LogP contribution in [0.5, 0.6) is 0 Å². The average molecular weight is 280 g/mol. The fraction of sp³-hybridized carbons (Fsp3) is 0. The van der Waals surface area contributed by atoms with Gasteiger partial charge in [-0.25, -0.2) is 31.2 Å². The highest BCUT2D eigenvalue weighted by Crippen LogP contribution is 2.46. The van der Waals surface area contributed by atoms with Crippen LogP contribution in [0.2, 0.25) is 0 Å². The molecule has 1 aliphatic carbocycles. The van der Waals surface area contributed by atoms with Crippen LogP contribution in [0.15, 0.2) is 48.5 Å². The molecule has 0 aliphatic heterocycles. The molecule has 4 N–H and O–H groups in total. The van der Waals surface area contributed by atoms with Gasteiger partial charge in [-0.05, 0) is 22.3 Å². The topological polar surface area (TPSA) is 130 Å². The van der Waals surface area contributed by atoms with Gasteiger partial charge in [-0.2, -0.15) is 0 Å². The first-order valence-corrected chi connectivity index (χ1v) is 5.56. The van der Waals surface area contributed by atoms with Crippen molar-refractivity contribution in [2.24, 2.45) is 0 Å². The number of benzene rings is 2. The number of carbonyl (C=O) groups excluding carboxylic acids is 2. The van der Waals surface area contributed by atoms with Gasteiger partial charge in [0.25, 0.3) is 0 Å². The van der Waals surface area contributed by atoms with Gasteiger partial charge >= 0.3 is 0 Å². The Morgan fingerprint density at radius 1 is 0.571 bits per heavy atom. The molecule has 0 heterocycles. The summed E-state index contributed by atoms with van der Waals surface area (Å²) in [5, 5.41) is 22.1. The minimum Gasteiger partial charge on any atom is -0.242 e. The van der Waals surface area contributed by atoms with Gasteiger partial charge in [0.1, 0.15) is 0 Å². The lowest BCUT2D eigenvalue weighted by atomic mass is 9.81. The first kappa shape index (κ1) is 17.6. The maximum Gasteiger partial charge on any atom is 0.231 e. The van der Waals surface area contributed by atoms with Gasteiger partial charge in [0.2, 0.25) is 12.2 Å². The van der Waals surface area contributed by atoms with Crippen molar-refractivity contribution < 1.29 is 9.59 Å². The molecule has 6 heteroatoms. The third kappa shape index (κ3) is 4.99. The van der Waals surface area contributed by atoms with Crippen molar-refractivity contribution in [3.63, 3.8) is 0 Å². The highest BCUT2D eigenvalue weighted by Gasteiger charge is 2.19. The zero-order valence-electron chi connectivity index (χ0n) is 10.9. The minimum atomic E-state index is 0.750. The van der Waals surface area contributed by atoms with Crippen molar-refractivity contribution >= 4 is 18.2 Å². The normalized spacial score (nSPS) is 7.62. The molecule has 104 valence electrons. The van der Waals surface area contributed by atoms with Gasteiger partial charge < -0.3 is 0 Å². The van der Waals surface area contributed by atoms with Gasteiger partial charge in [-0.15, -0.1) is 0 Å². The van der Waals surface area contributed by atoms with E-state index in [1.165, 1.54) is 28.3 Å². The zero-order valence-corrected chi connectivity index (χ0v) is 10.9. The molecule has 6 nitrogen and oxygen atoms in total. The fourth-order valence-electron chi connectivity index (χ4n) is 1.84. The molecule has 0 atom stereocenters. The molecular weight excluding hydrogens is 268 g/mol. The van der Waals surface area contributed by atoms with Crippen LogP contribution in [0.1, 0.15) is 0 Å². The molecule has 0 bridgehead atoms. The molecule has 0 saturated heterocycles. The van der Waals surface area contributed by atoms with Crippen LogP contribution in [-0.4, -0.2) is 18.2 Å². The van der Waals surface area contributed by atoms with Crippen LogP contribution in [0.25, 0.3) is 22.3 Å². The zero-order chi connectivity index (χ0) is 16.1. The molecule has 0 saturated carbocycles. The Kier molecular flexibility index (Phi) is 8.79. The summed E-state index contributed by atoms with van der Waals surface area (Å²) in [6, 6.07) is 18.3. The van der Waals surface area contributed by atoms with Crippen LogP contribution in [0.3, 0.4) is 0 Å². The first-order chi connectivity index (χ1) is 10.2. The predicted octanol–water partition coefficient (Wildman–Crippen LogP) is 3.45. The van der Waals surface area contributed by atoms with Crippen molar-refractivity contribution in [2.75, 3.05) is 0 Å². The van der Waals surface area contributed by atoms with Crippen LogP contribution in [0, 0.1) is 21.6 Å². The predicted molar refractivity (Wildman–Crippen MR) is 78.1 cm³/mol. The second-order valence-corrected chi connectivity index (χ2v) is 3.42. The maximum absolute atomic E-state index is 8.35. The SMILES string of the molecule is N=C=N.N=C=O.N=C=O.c1ccc2c(c1)-c1ccccc1-2. The van der Waals surface area contributed by atoms with Crippen molar-refractivity contribution in [3.8, 4) is 22.3 Å². The van der Waals surface area contributed by atoms with Crippen molar-refractivity contribution in [1.29, 1.82) is 21.6 Å². The van der Waals surface area contributed by atoms with E-state index in [-0.39, 0.29) is 0 Å². The minimum absolute atomic E-state index is 0.750. The Morgan fingerprint density at radius 3 is 0.857 bits per heavy atom. The van der Waals surface area contributed by atoms with Gasteiger partial charge in [0.05, 0.1) is 6.01 Å². The summed E-state index contributed by atoms with van der Waals surface area (Å²) < 4.78 is 0. The average Bonchev–Trinajstić information content (AvgIpc) is 2.47. The lowest BCUT2D eigenvalue weighted by molar-refractivity contribution is 0.562. The van der Waals surface area contributed by atoms with Gasteiger partial charge in [-0.1, -0.05) is 48.5 Å². The van der Waals surface area contributed by atoms with E-state index < -0.39 is 0 Å². The number of rotatable bonds is 0. The second-order valence-electron chi connectivity index (χ2n) is 3.42. The summed E-state index contributed by atoms with van der Waals surface area (Å²) in [4.78, 5) is 16.7. The molecule has 2 aromatic rings. The lowest BCUT2D eigenvalue weighted by Crippen LogP contribution is -1.96. The summed E-state index contributed by atoms with van der Waals surface area (Å²) >= 11 is 0. The molecule has 0 spiro atoms. The van der Waals surface area contributed by atoms with Gasteiger partial charge in [0.15, 0.2) is 0 Å². The molecule has 0 radical (unpaired) electrons. The molecule has 0 amide bonds. The third-order valence-corrected chi connectivity index (χ3v) is 2.43. The van der Waals surface area contributed by atoms with Crippen LogP contribution >= 0.6 is 0 Å².